The highest BCUT2D eigenvalue weighted by atomic mass is 35.5. The quantitative estimate of drug-likeness (QED) is 0.929. The van der Waals surface area contributed by atoms with E-state index in [1.165, 1.54) is 0 Å². The SMILES string of the molecule is CC1ON=C(c2ccc(Cl)c(Cl)c2)C1CC(=O)O. The number of hydrogen-bond donors (Lipinski definition) is 1. The zero-order valence-corrected chi connectivity index (χ0v) is 11.1. The molecular formula is C12H11Cl2NO3. The molecule has 96 valence electrons. The Hall–Kier alpha value is -1.26. The fourth-order valence-electron chi connectivity index (χ4n) is 1.88. The minimum atomic E-state index is -0.884. The number of carboxylic acids is 1. The Balaban J connectivity index is 2.31. The minimum Gasteiger partial charge on any atom is -0.481 e. The number of carboxylic acid groups (broad SMARTS) is 1. The molecule has 2 atom stereocenters. The topological polar surface area (TPSA) is 58.9 Å². The van der Waals surface area contributed by atoms with Crippen molar-refractivity contribution in [2.45, 2.75) is 19.4 Å². The molecule has 1 N–H and O–H groups in total. The molecule has 1 aliphatic heterocycles. The van der Waals surface area contributed by atoms with Crippen LogP contribution >= 0.6 is 23.2 Å². The van der Waals surface area contributed by atoms with Crippen molar-refractivity contribution in [3.63, 3.8) is 0 Å². The van der Waals surface area contributed by atoms with Crippen molar-refractivity contribution in [2.24, 2.45) is 11.1 Å². The molecule has 0 radical (unpaired) electrons. The number of halogens is 2. The largest absolute Gasteiger partial charge is 0.481 e. The lowest BCUT2D eigenvalue weighted by Crippen LogP contribution is -2.24. The van der Waals surface area contributed by atoms with Gasteiger partial charge in [-0.25, -0.2) is 0 Å². The zero-order valence-electron chi connectivity index (χ0n) is 9.56. The summed E-state index contributed by atoms with van der Waals surface area (Å²) in [6, 6.07) is 5.07. The van der Waals surface area contributed by atoms with Crippen LogP contribution in [0, 0.1) is 5.92 Å². The number of oxime groups is 1. The maximum absolute atomic E-state index is 10.8. The normalized spacial score (nSPS) is 22.5. The molecule has 0 saturated carbocycles. The summed E-state index contributed by atoms with van der Waals surface area (Å²) in [5.41, 5.74) is 1.34. The van der Waals surface area contributed by atoms with Crippen molar-refractivity contribution in [1.29, 1.82) is 0 Å². The molecule has 0 amide bonds. The van der Waals surface area contributed by atoms with Crippen LogP contribution in [0.25, 0.3) is 0 Å². The third-order valence-corrected chi connectivity index (χ3v) is 3.58. The first kappa shape index (κ1) is 13.2. The molecule has 2 unspecified atom stereocenters. The van der Waals surface area contributed by atoms with Crippen molar-refractivity contribution in [3.05, 3.63) is 33.8 Å². The average Bonchev–Trinajstić information content (AvgIpc) is 2.64. The summed E-state index contributed by atoms with van der Waals surface area (Å²) < 4.78 is 0. The van der Waals surface area contributed by atoms with Gasteiger partial charge in [0.05, 0.1) is 28.1 Å². The lowest BCUT2D eigenvalue weighted by molar-refractivity contribution is -0.138. The van der Waals surface area contributed by atoms with Gasteiger partial charge in [-0.2, -0.15) is 0 Å². The van der Waals surface area contributed by atoms with E-state index in [0.29, 0.717) is 15.8 Å². The highest BCUT2D eigenvalue weighted by Gasteiger charge is 2.33. The van der Waals surface area contributed by atoms with Gasteiger partial charge in [0.15, 0.2) is 0 Å². The third kappa shape index (κ3) is 2.60. The van der Waals surface area contributed by atoms with Gasteiger partial charge in [0.1, 0.15) is 6.10 Å². The van der Waals surface area contributed by atoms with Crippen molar-refractivity contribution >= 4 is 34.9 Å². The van der Waals surface area contributed by atoms with Crippen LogP contribution in [0.3, 0.4) is 0 Å². The van der Waals surface area contributed by atoms with Gasteiger partial charge in [0.25, 0.3) is 0 Å². The smallest absolute Gasteiger partial charge is 0.304 e. The molecular weight excluding hydrogens is 277 g/mol. The molecule has 0 aliphatic carbocycles. The van der Waals surface area contributed by atoms with Crippen LogP contribution in [-0.2, 0) is 9.63 Å². The molecule has 1 aromatic rings. The number of hydrogen-bond acceptors (Lipinski definition) is 3. The summed E-state index contributed by atoms with van der Waals surface area (Å²) >= 11 is 11.8. The molecule has 1 aliphatic rings. The van der Waals surface area contributed by atoms with E-state index in [4.69, 9.17) is 33.1 Å². The number of benzene rings is 1. The Kier molecular flexibility index (Phi) is 3.78. The number of nitrogens with zero attached hydrogens (tertiary/aromatic N) is 1. The van der Waals surface area contributed by atoms with Gasteiger partial charge in [0.2, 0.25) is 0 Å². The Morgan fingerprint density at radius 2 is 2.17 bits per heavy atom. The fourth-order valence-corrected chi connectivity index (χ4v) is 2.17. The van der Waals surface area contributed by atoms with E-state index in [2.05, 4.69) is 5.16 Å². The second-order valence-corrected chi connectivity index (χ2v) is 4.93. The Morgan fingerprint density at radius 3 is 2.78 bits per heavy atom. The van der Waals surface area contributed by atoms with Gasteiger partial charge in [0, 0.05) is 5.56 Å². The molecule has 4 nitrogen and oxygen atoms in total. The predicted octanol–water partition coefficient (Wildman–Crippen LogP) is 3.21. The molecule has 18 heavy (non-hydrogen) atoms. The number of rotatable bonds is 3. The summed E-state index contributed by atoms with van der Waals surface area (Å²) in [5.74, 6) is -1.16. The number of carbonyl (C=O) groups is 1. The lowest BCUT2D eigenvalue weighted by atomic mass is 9.90. The second-order valence-electron chi connectivity index (χ2n) is 4.12. The van der Waals surface area contributed by atoms with E-state index >= 15 is 0 Å². The predicted molar refractivity (Wildman–Crippen MR) is 69.3 cm³/mol. The van der Waals surface area contributed by atoms with E-state index in [1.54, 1.807) is 25.1 Å². The highest BCUT2D eigenvalue weighted by molar-refractivity contribution is 6.42. The summed E-state index contributed by atoms with van der Waals surface area (Å²) in [5, 5.41) is 13.7. The van der Waals surface area contributed by atoms with E-state index < -0.39 is 5.97 Å². The molecule has 0 spiro atoms. The Bertz CT molecular complexity index is 516. The summed E-state index contributed by atoms with van der Waals surface area (Å²) in [4.78, 5) is 16.0. The third-order valence-electron chi connectivity index (χ3n) is 2.85. The molecule has 6 heteroatoms. The monoisotopic (exact) mass is 287 g/mol. The maximum Gasteiger partial charge on any atom is 0.304 e. The summed E-state index contributed by atoms with van der Waals surface area (Å²) in [6.45, 7) is 1.79. The van der Waals surface area contributed by atoms with Crippen LogP contribution in [0.1, 0.15) is 18.9 Å². The van der Waals surface area contributed by atoms with Crippen LogP contribution in [0.4, 0.5) is 0 Å². The van der Waals surface area contributed by atoms with E-state index in [-0.39, 0.29) is 18.4 Å². The van der Waals surface area contributed by atoms with Gasteiger partial charge in [-0.05, 0) is 19.1 Å². The summed E-state index contributed by atoms with van der Waals surface area (Å²) in [6.07, 6.45) is -0.286. The minimum absolute atomic E-state index is 0.0275. The van der Waals surface area contributed by atoms with Crippen LogP contribution in [0.2, 0.25) is 10.0 Å². The van der Waals surface area contributed by atoms with Crippen LogP contribution < -0.4 is 0 Å². The first-order valence-corrected chi connectivity index (χ1v) is 6.15. The lowest BCUT2D eigenvalue weighted by Gasteiger charge is -2.13. The van der Waals surface area contributed by atoms with Gasteiger partial charge < -0.3 is 9.94 Å². The molecule has 0 aromatic heterocycles. The average molecular weight is 288 g/mol. The molecule has 0 saturated heterocycles. The van der Waals surface area contributed by atoms with Crippen molar-refractivity contribution in [2.75, 3.05) is 0 Å². The zero-order chi connectivity index (χ0) is 13.3. The van der Waals surface area contributed by atoms with Crippen molar-refractivity contribution in [1.82, 2.24) is 0 Å². The van der Waals surface area contributed by atoms with E-state index in [1.807, 2.05) is 0 Å². The standard InChI is InChI=1S/C12H11Cl2NO3/c1-6-8(5-11(16)17)12(15-18-6)7-2-3-9(13)10(14)4-7/h2-4,6,8H,5H2,1H3,(H,16,17). The molecule has 1 heterocycles. The maximum atomic E-state index is 10.8. The van der Waals surface area contributed by atoms with Gasteiger partial charge >= 0.3 is 5.97 Å². The molecule has 2 rings (SSSR count). The number of aliphatic carboxylic acids is 1. The van der Waals surface area contributed by atoms with Gasteiger partial charge in [-0.3, -0.25) is 4.79 Å². The summed E-state index contributed by atoms with van der Waals surface area (Å²) in [7, 11) is 0. The van der Waals surface area contributed by atoms with Crippen LogP contribution in [0.15, 0.2) is 23.4 Å². The highest BCUT2D eigenvalue weighted by Crippen LogP contribution is 2.29. The van der Waals surface area contributed by atoms with Gasteiger partial charge in [-0.15, -0.1) is 0 Å². The first-order valence-electron chi connectivity index (χ1n) is 5.40. The van der Waals surface area contributed by atoms with Crippen LogP contribution in [0.5, 0.6) is 0 Å². The molecule has 0 bridgehead atoms. The Labute approximate surface area is 114 Å². The van der Waals surface area contributed by atoms with Crippen molar-refractivity contribution < 1.29 is 14.7 Å². The van der Waals surface area contributed by atoms with Crippen LogP contribution in [-0.4, -0.2) is 22.9 Å². The van der Waals surface area contributed by atoms with Gasteiger partial charge in [-0.1, -0.05) is 34.4 Å². The first-order chi connectivity index (χ1) is 8.49. The second kappa shape index (κ2) is 5.16. The molecule has 0 fully saturated rings. The Morgan fingerprint density at radius 1 is 1.44 bits per heavy atom. The van der Waals surface area contributed by atoms with E-state index in [9.17, 15) is 4.79 Å². The van der Waals surface area contributed by atoms with E-state index in [0.717, 1.165) is 5.56 Å². The molecule has 1 aromatic carbocycles. The van der Waals surface area contributed by atoms with Crippen molar-refractivity contribution in [3.8, 4) is 0 Å². The fraction of sp³-hybridized carbons (Fsp3) is 0.333.